The van der Waals surface area contributed by atoms with E-state index in [0.29, 0.717) is 5.56 Å². The number of carbonyl (C=O) groups excluding carboxylic acids is 1. The quantitative estimate of drug-likeness (QED) is 0.741. The molecule has 0 aliphatic rings. The van der Waals surface area contributed by atoms with Crippen LogP contribution in [0.3, 0.4) is 0 Å². The van der Waals surface area contributed by atoms with Gasteiger partial charge in [0.25, 0.3) is 5.91 Å². The summed E-state index contributed by atoms with van der Waals surface area (Å²) in [4.78, 5) is 11.4. The molecule has 0 spiro atoms. The second-order valence-electron chi connectivity index (χ2n) is 2.99. The molecule has 15 heavy (non-hydrogen) atoms. The zero-order valence-electron chi connectivity index (χ0n) is 8.01. The van der Waals surface area contributed by atoms with E-state index in [1.807, 2.05) is 0 Å². The van der Waals surface area contributed by atoms with Crippen molar-refractivity contribution in [3.05, 3.63) is 35.9 Å². The summed E-state index contributed by atoms with van der Waals surface area (Å²) >= 11 is 0. The highest BCUT2D eigenvalue weighted by molar-refractivity contribution is 7.89. The van der Waals surface area contributed by atoms with Crippen LogP contribution in [0.2, 0.25) is 0 Å². The first-order valence-electron chi connectivity index (χ1n) is 4.33. The zero-order chi connectivity index (χ0) is 11.3. The van der Waals surface area contributed by atoms with Crippen molar-refractivity contribution in [3.8, 4) is 0 Å². The number of primary sulfonamides is 1. The zero-order valence-corrected chi connectivity index (χ0v) is 8.83. The minimum atomic E-state index is -3.52. The maximum atomic E-state index is 11.4. The summed E-state index contributed by atoms with van der Waals surface area (Å²) in [6.45, 7) is 0.0204. The van der Waals surface area contributed by atoms with Crippen LogP contribution in [-0.4, -0.2) is 26.6 Å². The first-order chi connectivity index (χ1) is 6.99. The lowest BCUT2D eigenvalue weighted by Crippen LogP contribution is -2.31. The average molecular weight is 228 g/mol. The fourth-order valence-electron chi connectivity index (χ4n) is 0.998. The molecule has 0 fully saturated rings. The van der Waals surface area contributed by atoms with Gasteiger partial charge >= 0.3 is 0 Å². The van der Waals surface area contributed by atoms with Crippen molar-refractivity contribution in [2.45, 2.75) is 0 Å². The van der Waals surface area contributed by atoms with Gasteiger partial charge in [-0.1, -0.05) is 18.2 Å². The summed E-state index contributed by atoms with van der Waals surface area (Å²) in [5.74, 6) is -0.565. The summed E-state index contributed by atoms with van der Waals surface area (Å²) in [5.41, 5.74) is 0.493. The van der Waals surface area contributed by atoms with Gasteiger partial charge in [0.05, 0.1) is 5.75 Å². The Labute approximate surface area is 88.3 Å². The second-order valence-corrected chi connectivity index (χ2v) is 4.72. The highest BCUT2D eigenvalue weighted by atomic mass is 32.2. The molecule has 0 saturated carbocycles. The maximum absolute atomic E-state index is 11.4. The molecule has 1 aromatic rings. The minimum Gasteiger partial charge on any atom is -0.351 e. The van der Waals surface area contributed by atoms with E-state index in [9.17, 15) is 13.2 Å². The predicted molar refractivity (Wildman–Crippen MR) is 56.7 cm³/mol. The number of nitrogens with one attached hydrogen (secondary N) is 1. The molecule has 82 valence electrons. The summed E-state index contributed by atoms with van der Waals surface area (Å²) in [7, 11) is -3.52. The average Bonchev–Trinajstić information content (AvgIpc) is 2.17. The monoisotopic (exact) mass is 228 g/mol. The van der Waals surface area contributed by atoms with Crippen LogP contribution in [0.1, 0.15) is 10.4 Å². The third-order valence-corrected chi connectivity index (χ3v) is 2.48. The molecule has 0 unspecified atom stereocenters. The minimum absolute atomic E-state index is 0.0204. The standard InChI is InChI=1S/C9H12N2O3S/c10-15(13,14)7-6-11-9(12)8-4-2-1-3-5-8/h1-5H,6-7H2,(H,11,12)(H2,10,13,14). The van der Waals surface area contributed by atoms with E-state index in [2.05, 4.69) is 5.32 Å². The van der Waals surface area contributed by atoms with Crippen molar-refractivity contribution in [1.29, 1.82) is 0 Å². The van der Waals surface area contributed by atoms with Crippen LogP contribution >= 0.6 is 0 Å². The molecule has 1 aromatic carbocycles. The topological polar surface area (TPSA) is 89.3 Å². The van der Waals surface area contributed by atoms with Gasteiger partial charge in [-0.15, -0.1) is 0 Å². The first-order valence-corrected chi connectivity index (χ1v) is 6.04. The number of hydrogen-bond acceptors (Lipinski definition) is 3. The maximum Gasteiger partial charge on any atom is 0.251 e. The number of amides is 1. The summed E-state index contributed by atoms with van der Waals surface area (Å²) in [5, 5.41) is 7.24. The van der Waals surface area contributed by atoms with Gasteiger partial charge in [-0.3, -0.25) is 4.79 Å². The molecule has 0 aliphatic heterocycles. The van der Waals surface area contributed by atoms with Gasteiger partial charge in [0, 0.05) is 12.1 Å². The SMILES string of the molecule is NS(=O)(=O)CCNC(=O)c1ccccc1. The van der Waals surface area contributed by atoms with Crippen molar-refractivity contribution in [3.63, 3.8) is 0 Å². The van der Waals surface area contributed by atoms with E-state index in [4.69, 9.17) is 5.14 Å². The lowest BCUT2D eigenvalue weighted by Gasteiger charge is -2.03. The Hall–Kier alpha value is -1.40. The van der Waals surface area contributed by atoms with Crippen LogP contribution in [0.5, 0.6) is 0 Å². The molecule has 0 aromatic heterocycles. The van der Waals surface area contributed by atoms with Gasteiger partial charge in [0.15, 0.2) is 0 Å². The number of benzene rings is 1. The molecule has 1 amide bonds. The molecule has 0 atom stereocenters. The number of rotatable bonds is 4. The Kier molecular flexibility index (Phi) is 3.81. The predicted octanol–water partition coefficient (Wildman–Crippen LogP) is -0.295. The molecule has 0 bridgehead atoms. The molecule has 0 radical (unpaired) electrons. The number of nitrogens with two attached hydrogens (primary N) is 1. The molecular formula is C9H12N2O3S. The molecule has 3 N–H and O–H groups in total. The Morgan fingerprint density at radius 2 is 1.87 bits per heavy atom. The molecule has 0 aliphatic carbocycles. The van der Waals surface area contributed by atoms with E-state index >= 15 is 0 Å². The fourth-order valence-corrected chi connectivity index (χ4v) is 1.38. The number of sulfonamides is 1. The second kappa shape index (κ2) is 4.90. The highest BCUT2D eigenvalue weighted by Gasteiger charge is 2.06. The summed E-state index contributed by atoms with van der Waals surface area (Å²) in [6.07, 6.45) is 0. The van der Waals surface area contributed by atoms with Gasteiger partial charge in [-0.25, -0.2) is 13.6 Å². The van der Waals surface area contributed by atoms with Gasteiger partial charge < -0.3 is 5.32 Å². The van der Waals surface area contributed by atoms with Crippen LogP contribution in [0.15, 0.2) is 30.3 Å². The highest BCUT2D eigenvalue weighted by Crippen LogP contribution is 1.97. The molecule has 5 nitrogen and oxygen atoms in total. The molecule has 0 saturated heterocycles. The van der Waals surface area contributed by atoms with E-state index in [1.54, 1.807) is 30.3 Å². The van der Waals surface area contributed by atoms with Crippen molar-refractivity contribution in [2.24, 2.45) is 5.14 Å². The summed E-state index contributed by atoms with van der Waals surface area (Å²) in [6, 6.07) is 8.54. The third kappa shape index (κ3) is 4.57. The summed E-state index contributed by atoms with van der Waals surface area (Å²) < 4.78 is 21.2. The van der Waals surface area contributed by atoms with Crippen molar-refractivity contribution >= 4 is 15.9 Å². The largest absolute Gasteiger partial charge is 0.351 e. The van der Waals surface area contributed by atoms with Gasteiger partial charge in [0.2, 0.25) is 10.0 Å². The van der Waals surface area contributed by atoms with Crippen LogP contribution in [0.25, 0.3) is 0 Å². The van der Waals surface area contributed by atoms with Gasteiger partial charge in [-0.2, -0.15) is 0 Å². The van der Waals surface area contributed by atoms with Crippen LogP contribution in [0, 0.1) is 0 Å². The Morgan fingerprint density at radius 3 is 2.40 bits per heavy atom. The third-order valence-electron chi connectivity index (χ3n) is 1.71. The van der Waals surface area contributed by atoms with E-state index in [-0.39, 0.29) is 18.2 Å². The normalized spacial score (nSPS) is 11.0. The Morgan fingerprint density at radius 1 is 1.27 bits per heavy atom. The lowest BCUT2D eigenvalue weighted by molar-refractivity contribution is 0.0956. The van der Waals surface area contributed by atoms with Crippen molar-refractivity contribution in [1.82, 2.24) is 5.32 Å². The Bertz CT molecular complexity index is 428. The van der Waals surface area contributed by atoms with E-state index < -0.39 is 10.0 Å². The van der Waals surface area contributed by atoms with Crippen LogP contribution < -0.4 is 10.5 Å². The van der Waals surface area contributed by atoms with Gasteiger partial charge in [-0.05, 0) is 12.1 Å². The van der Waals surface area contributed by atoms with Crippen molar-refractivity contribution in [2.75, 3.05) is 12.3 Å². The molecule has 6 heteroatoms. The number of carbonyl (C=O) groups is 1. The number of hydrogen-bond donors (Lipinski definition) is 2. The Balaban J connectivity index is 2.45. The van der Waals surface area contributed by atoms with E-state index in [0.717, 1.165) is 0 Å². The fraction of sp³-hybridized carbons (Fsp3) is 0.222. The van der Waals surface area contributed by atoms with Crippen LogP contribution in [-0.2, 0) is 10.0 Å². The lowest BCUT2D eigenvalue weighted by atomic mass is 10.2. The van der Waals surface area contributed by atoms with Crippen molar-refractivity contribution < 1.29 is 13.2 Å². The molecule has 1 rings (SSSR count). The first kappa shape index (κ1) is 11.7. The molecule has 0 heterocycles. The van der Waals surface area contributed by atoms with Crippen LogP contribution in [0.4, 0.5) is 0 Å². The van der Waals surface area contributed by atoms with E-state index in [1.165, 1.54) is 0 Å². The molecular weight excluding hydrogens is 216 g/mol. The van der Waals surface area contributed by atoms with Gasteiger partial charge in [0.1, 0.15) is 0 Å². The smallest absolute Gasteiger partial charge is 0.251 e.